The van der Waals surface area contributed by atoms with E-state index in [2.05, 4.69) is 21.0 Å². The minimum Gasteiger partial charge on any atom is -0.396 e. The lowest BCUT2D eigenvalue weighted by Crippen LogP contribution is -1.99. The molecule has 1 saturated carbocycles. The molecular formula is C14H16BrN3. The van der Waals surface area contributed by atoms with Gasteiger partial charge in [0.15, 0.2) is 0 Å². The van der Waals surface area contributed by atoms with Crippen molar-refractivity contribution in [1.82, 2.24) is 9.78 Å². The van der Waals surface area contributed by atoms with Crippen molar-refractivity contribution in [3.63, 3.8) is 0 Å². The molecular weight excluding hydrogens is 290 g/mol. The van der Waals surface area contributed by atoms with Gasteiger partial charge in [0.2, 0.25) is 0 Å². The van der Waals surface area contributed by atoms with E-state index in [9.17, 15) is 0 Å². The van der Waals surface area contributed by atoms with Crippen LogP contribution in [0.2, 0.25) is 0 Å². The quantitative estimate of drug-likeness (QED) is 0.915. The van der Waals surface area contributed by atoms with Crippen molar-refractivity contribution in [2.75, 3.05) is 5.73 Å². The number of nitrogen functional groups attached to an aromatic ring is 1. The van der Waals surface area contributed by atoms with Crippen LogP contribution in [0.4, 0.5) is 5.69 Å². The lowest BCUT2D eigenvalue weighted by Gasteiger charge is -2.05. The Morgan fingerprint density at radius 2 is 1.83 bits per heavy atom. The summed E-state index contributed by atoms with van der Waals surface area (Å²) in [5.41, 5.74) is 9.05. The third-order valence-electron chi connectivity index (χ3n) is 3.61. The predicted octanol–water partition coefficient (Wildman–Crippen LogP) is 3.87. The lowest BCUT2D eigenvalue weighted by atomic mass is 10.0. The van der Waals surface area contributed by atoms with Gasteiger partial charge >= 0.3 is 0 Å². The Labute approximate surface area is 115 Å². The molecule has 1 fully saturated rings. The number of anilines is 1. The summed E-state index contributed by atoms with van der Waals surface area (Å²) in [5.74, 6) is 0.557. The van der Waals surface area contributed by atoms with E-state index in [1.54, 1.807) is 0 Å². The Morgan fingerprint density at radius 1 is 1.17 bits per heavy atom. The van der Waals surface area contributed by atoms with E-state index in [1.165, 1.54) is 25.7 Å². The number of hydrogen-bond acceptors (Lipinski definition) is 2. The van der Waals surface area contributed by atoms with E-state index in [1.807, 2.05) is 35.1 Å². The van der Waals surface area contributed by atoms with Gasteiger partial charge in [0, 0.05) is 10.4 Å². The van der Waals surface area contributed by atoms with Gasteiger partial charge in [-0.3, -0.25) is 0 Å². The number of rotatable bonds is 2. The molecule has 1 aliphatic rings. The average molecular weight is 306 g/mol. The van der Waals surface area contributed by atoms with E-state index in [0.29, 0.717) is 5.92 Å². The number of nitrogens with zero attached hydrogens (tertiary/aromatic N) is 2. The highest BCUT2D eigenvalue weighted by Gasteiger charge is 2.22. The molecule has 1 aromatic heterocycles. The molecule has 0 spiro atoms. The van der Waals surface area contributed by atoms with Crippen LogP contribution in [0.15, 0.2) is 34.9 Å². The first-order chi connectivity index (χ1) is 8.74. The second-order valence-corrected chi connectivity index (χ2v) is 5.79. The normalized spacial score (nSPS) is 16.3. The summed E-state index contributed by atoms with van der Waals surface area (Å²) in [7, 11) is 0. The monoisotopic (exact) mass is 305 g/mol. The van der Waals surface area contributed by atoms with E-state index in [0.717, 1.165) is 21.5 Å². The minimum absolute atomic E-state index is 0.557. The van der Waals surface area contributed by atoms with Crippen LogP contribution in [0.1, 0.15) is 37.3 Å². The van der Waals surface area contributed by atoms with Gasteiger partial charge in [-0.25, -0.2) is 4.68 Å². The van der Waals surface area contributed by atoms with Gasteiger partial charge in [-0.2, -0.15) is 5.10 Å². The molecule has 0 unspecified atom stereocenters. The zero-order chi connectivity index (χ0) is 12.5. The highest BCUT2D eigenvalue weighted by atomic mass is 79.9. The maximum atomic E-state index is 6.10. The molecule has 2 N–H and O–H groups in total. The first-order valence-corrected chi connectivity index (χ1v) is 7.14. The number of benzene rings is 1. The predicted molar refractivity (Wildman–Crippen MR) is 76.9 cm³/mol. The summed E-state index contributed by atoms with van der Waals surface area (Å²) in [5, 5.41) is 4.67. The number of aromatic nitrogens is 2. The SMILES string of the molecule is Nc1cn(-c2ccc(Br)cc2)nc1C1CCCC1. The van der Waals surface area contributed by atoms with E-state index in [-0.39, 0.29) is 0 Å². The summed E-state index contributed by atoms with van der Waals surface area (Å²) < 4.78 is 2.96. The maximum Gasteiger partial charge on any atom is 0.0889 e. The fraction of sp³-hybridized carbons (Fsp3) is 0.357. The first-order valence-electron chi connectivity index (χ1n) is 6.35. The highest BCUT2D eigenvalue weighted by Crippen LogP contribution is 2.36. The Bertz CT molecular complexity index is 539. The second kappa shape index (κ2) is 4.76. The van der Waals surface area contributed by atoms with Gasteiger partial charge in [-0.15, -0.1) is 0 Å². The Balaban J connectivity index is 1.94. The molecule has 0 bridgehead atoms. The van der Waals surface area contributed by atoms with Gasteiger partial charge < -0.3 is 5.73 Å². The zero-order valence-corrected chi connectivity index (χ0v) is 11.7. The standard InChI is InChI=1S/C14H16BrN3/c15-11-5-7-12(8-6-11)18-9-13(16)14(17-18)10-3-1-2-4-10/h5-10H,1-4,16H2. The molecule has 0 amide bonds. The first kappa shape index (κ1) is 11.8. The van der Waals surface area contributed by atoms with Gasteiger partial charge in [0.25, 0.3) is 0 Å². The molecule has 18 heavy (non-hydrogen) atoms. The van der Waals surface area contributed by atoms with Crippen molar-refractivity contribution in [1.29, 1.82) is 0 Å². The van der Waals surface area contributed by atoms with Crippen LogP contribution in [0.5, 0.6) is 0 Å². The molecule has 1 aliphatic carbocycles. The Hall–Kier alpha value is -1.29. The molecule has 94 valence electrons. The van der Waals surface area contributed by atoms with Crippen molar-refractivity contribution < 1.29 is 0 Å². The van der Waals surface area contributed by atoms with E-state index < -0.39 is 0 Å². The molecule has 3 rings (SSSR count). The largest absolute Gasteiger partial charge is 0.396 e. The minimum atomic E-state index is 0.557. The molecule has 1 heterocycles. The molecule has 1 aromatic carbocycles. The van der Waals surface area contributed by atoms with Crippen molar-refractivity contribution in [3.05, 3.63) is 40.6 Å². The van der Waals surface area contributed by atoms with Gasteiger partial charge in [0.1, 0.15) is 0 Å². The van der Waals surface area contributed by atoms with Crippen LogP contribution in [-0.4, -0.2) is 9.78 Å². The summed E-state index contributed by atoms with van der Waals surface area (Å²) >= 11 is 3.44. The summed E-state index contributed by atoms with van der Waals surface area (Å²) in [6.45, 7) is 0. The second-order valence-electron chi connectivity index (χ2n) is 4.87. The molecule has 2 aromatic rings. The number of nitrogens with two attached hydrogens (primary N) is 1. The van der Waals surface area contributed by atoms with Gasteiger partial charge in [0.05, 0.1) is 23.3 Å². The van der Waals surface area contributed by atoms with Gasteiger partial charge in [-0.1, -0.05) is 28.8 Å². The smallest absolute Gasteiger partial charge is 0.0889 e. The molecule has 0 radical (unpaired) electrons. The van der Waals surface area contributed by atoms with E-state index >= 15 is 0 Å². The van der Waals surface area contributed by atoms with Crippen molar-refractivity contribution in [2.24, 2.45) is 0 Å². The number of hydrogen-bond donors (Lipinski definition) is 1. The average Bonchev–Trinajstić information content (AvgIpc) is 2.99. The van der Waals surface area contributed by atoms with Crippen LogP contribution >= 0.6 is 15.9 Å². The third kappa shape index (κ3) is 2.17. The van der Waals surface area contributed by atoms with Crippen LogP contribution in [0.3, 0.4) is 0 Å². The van der Waals surface area contributed by atoms with Crippen molar-refractivity contribution >= 4 is 21.6 Å². The topological polar surface area (TPSA) is 43.8 Å². The zero-order valence-electron chi connectivity index (χ0n) is 10.1. The summed E-state index contributed by atoms with van der Waals surface area (Å²) in [4.78, 5) is 0. The lowest BCUT2D eigenvalue weighted by molar-refractivity contribution is 0.680. The molecule has 0 saturated heterocycles. The molecule has 0 atom stereocenters. The summed E-state index contributed by atoms with van der Waals surface area (Å²) in [6.07, 6.45) is 6.98. The third-order valence-corrected chi connectivity index (χ3v) is 4.13. The van der Waals surface area contributed by atoms with Crippen LogP contribution in [0, 0.1) is 0 Å². The fourth-order valence-corrected chi connectivity index (χ4v) is 2.91. The van der Waals surface area contributed by atoms with Crippen molar-refractivity contribution in [2.45, 2.75) is 31.6 Å². The van der Waals surface area contributed by atoms with Crippen molar-refractivity contribution in [3.8, 4) is 5.69 Å². The Kier molecular flexibility index (Phi) is 3.12. The van der Waals surface area contributed by atoms with Gasteiger partial charge in [-0.05, 0) is 37.1 Å². The van der Waals surface area contributed by atoms with Crippen LogP contribution < -0.4 is 5.73 Å². The van der Waals surface area contributed by atoms with Crippen LogP contribution in [-0.2, 0) is 0 Å². The maximum absolute atomic E-state index is 6.10. The number of halogens is 1. The highest BCUT2D eigenvalue weighted by molar-refractivity contribution is 9.10. The van der Waals surface area contributed by atoms with Crippen LogP contribution in [0.25, 0.3) is 5.69 Å². The molecule has 4 heteroatoms. The Morgan fingerprint density at radius 3 is 2.50 bits per heavy atom. The molecule has 0 aliphatic heterocycles. The summed E-state index contributed by atoms with van der Waals surface area (Å²) in [6, 6.07) is 8.11. The molecule has 3 nitrogen and oxygen atoms in total. The van der Waals surface area contributed by atoms with E-state index in [4.69, 9.17) is 5.73 Å². The fourth-order valence-electron chi connectivity index (χ4n) is 2.64.